The van der Waals surface area contributed by atoms with E-state index in [0.29, 0.717) is 28.0 Å². The Morgan fingerprint density at radius 3 is 2.81 bits per heavy atom. The number of aromatic amines is 1. The van der Waals surface area contributed by atoms with Crippen molar-refractivity contribution in [1.29, 1.82) is 0 Å². The van der Waals surface area contributed by atoms with Crippen molar-refractivity contribution < 1.29 is 4.74 Å². The maximum absolute atomic E-state index is 12.1. The molecule has 32 heavy (non-hydrogen) atoms. The molecule has 0 saturated heterocycles. The molecule has 2 heterocycles. The second-order valence-electron chi connectivity index (χ2n) is 6.38. The minimum atomic E-state index is -0.345. The van der Waals surface area contributed by atoms with Crippen molar-refractivity contribution in [2.75, 3.05) is 12.4 Å². The van der Waals surface area contributed by atoms with Crippen molar-refractivity contribution in [3.8, 4) is 11.4 Å². The predicted octanol–water partition coefficient (Wildman–Crippen LogP) is 2.10. The molecule has 4 rings (SSSR count). The van der Waals surface area contributed by atoms with Crippen LogP contribution in [0.25, 0.3) is 5.69 Å². The van der Waals surface area contributed by atoms with Crippen LogP contribution < -0.4 is 21.3 Å². The Bertz CT molecular complexity index is 1290. The highest BCUT2D eigenvalue weighted by atomic mass is 32.2. The van der Waals surface area contributed by atoms with Gasteiger partial charge in [0.2, 0.25) is 17.1 Å². The van der Waals surface area contributed by atoms with E-state index in [2.05, 4.69) is 35.8 Å². The van der Waals surface area contributed by atoms with Gasteiger partial charge in [-0.15, -0.1) is 5.10 Å². The van der Waals surface area contributed by atoms with Crippen molar-refractivity contribution in [2.45, 2.75) is 10.9 Å². The van der Waals surface area contributed by atoms with E-state index < -0.39 is 0 Å². The van der Waals surface area contributed by atoms with Gasteiger partial charge in [0.05, 0.1) is 24.2 Å². The third kappa shape index (κ3) is 5.10. The molecule has 11 nitrogen and oxygen atoms in total. The lowest BCUT2D eigenvalue weighted by atomic mass is 10.3. The van der Waals surface area contributed by atoms with Gasteiger partial charge in [0.25, 0.3) is 5.56 Å². The molecule has 0 aliphatic rings. The maximum Gasteiger partial charge on any atom is 0.252 e. The van der Waals surface area contributed by atoms with Crippen LogP contribution >= 0.6 is 11.8 Å². The minimum Gasteiger partial charge on any atom is -0.495 e. The largest absolute Gasteiger partial charge is 0.495 e. The molecule has 0 amide bonds. The number of H-pyrrole nitrogens is 1. The molecule has 0 radical (unpaired) electrons. The van der Waals surface area contributed by atoms with Crippen molar-refractivity contribution in [3.63, 3.8) is 0 Å². The normalized spacial score (nSPS) is 11.3. The number of hydrogen-bond acceptors (Lipinski definition) is 8. The summed E-state index contributed by atoms with van der Waals surface area (Å²) in [4.78, 5) is 23.2. The SMILES string of the molecule is COc1ccccc1N/C(N)=N/c1nc(CSc2nnnn2-c2ccccc2)cc(=O)[nH]1. The fourth-order valence-corrected chi connectivity index (χ4v) is 3.57. The van der Waals surface area contributed by atoms with Crippen molar-refractivity contribution >= 4 is 29.4 Å². The predicted molar refractivity (Wildman–Crippen MR) is 121 cm³/mol. The molecule has 2 aromatic heterocycles. The summed E-state index contributed by atoms with van der Waals surface area (Å²) < 4.78 is 6.89. The van der Waals surface area contributed by atoms with E-state index >= 15 is 0 Å². The number of hydrogen-bond donors (Lipinski definition) is 3. The average molecular weight is 450 g/mol. The van der Waals surface area contributed by atoms with Crippen LogP contribution in [0.15, 0.2) is 75.6 Å². The van der Waals surface area contributed by atoms with E-state index in [1.807, 2.05) is 42.5 Å². The van der Waals surface area contributed by atoms with E-state index in [1.54, 1.807) is 23.9 Å². The van der Waals surface area contributed by atoms with Gasteiger partial charge in [-0.05, 0) is 34.7 Å². The Hall–Kier alpha value is -4.19. The van der Waals surface area contributed by atoms with Crippen molar-refractivity contribution in [3.05, 3.63) is 76.7 Å². The molecule has 0 spiro atoms. The number of thioether (sulfide) groups is 1. The summed E-state index contributed by atoms with van der Waals surface area (Å²) in [5, 5.41) is 15.3. The van der Waals surface area contributed by atoms with Crippen LogP contribution in [0.5, 0.6) is 5.75 Å². The molecule has 4 aromatic rings. The van der Waals surface area contributed by atoms with Gasteiger partial charge in [0.15, 0.2) is 0 Å². The third-order valence-electron chi connectivity index (χ3n) is 4.17. The van der Waals surface area contributed by atoms with Gasteiger partial charge in [0.1, 0.15) is 5.75 Å². The van der Waals surface area contributed by atoms with Gasteiger partial charge in [-0.3, -0.25) is 9.78 Å². The number of benzene rings is 2. The lowest BCUT2D eigenvalue weighted by Crippen LogP contribution is -2.23. The molecule has 0 atom stereocenters. The molecule has 4 N–H and O–H groups in total. The van der Waals surface area contributed by atoms with Crippen LogP contribution in [0.4, 0.5) is 11.6 Å². The first-order valence-corrected chi connectivity index (χ1v) is 10.4. The molecule has 0 aliphatic heterocycles. The number of guanidine groups is 1. The van der Waals surface area contributed by atoms with Crippen molar-refractivity contribution in [1.82, 2.24) is 30.2 Å². The average Bonchev–Trinajstić information content (AvgIpc) is 3.27. The number of ether oxygens (including phenoxy) is 1. The van der Waals surface area contributed by atoms with Crippen molar-refractivity contribution in [2.24, 2.45) is 10.7 Å². The number of nitrogens with one attached hydrogen (secondary N) is 2. The zero-order chi connectivity index (χ0) is 22.3. The summed E-state index contributed by atoms with van der Waals surface area (Å²) in [6, 6.07) is 18.2. The molecular weight excluding hydrogens is 430 g/mol. The Kier molecular flexibility index (Phi) is 6.41. The summed E-state index contributed by atoms with van der Waals surface area (Å²) in [5.74, 6) is 1.10. The van der Waals surface area contributed by atoms with E-state index in [-0.39, 0.29) is 17.5 Å². The van der Waals surface area contributed by atoms with Crippen LogP contribution in [0.2, 0.25) is 0 Å². The van der Waals surface area contributed by atoms with Gasteiger partial charge >= 0.3 is 0 Å². The zero-order valence-corrected chi connectivity index (χ0v) is 17.8. The van der Waals surface area contributed by atoms with Crippen LogP contribution in [0.3, 0.4) is 0 Å². The summed E-state index contributed by atoms with van der Waals surface area (Å²) in [5.41, 5.74) is 7.61. The summed E-state index contributed by atoms with van der Waals surface area (Å²) in [7, 11) is 1.56. The zero-order valence-electron chi connectivity index (χ0n) is 17.0. The second kappa shape index (κ2) is 9.75. The van der Waals surface area contributed by atoms with Gasteiger partial charge in [-0.2, -0.15) is 9.67 Å². The van der Waals surface area contributed by atoms with Gasteiger partial charge in [-0.25, -0.2) is 4.98 Å². The summed E-state index contributed by atoms with van der Waals surface area (Å²) in [6.07, 6.45) is 0. The first kappa shape index (κ1) is 21.1. The molecule has 0 fully saturated rings. The third-order valence-corrected chi connectivity index (χ3v) is 5.12. The molecule has 0 aliphatic carbocycles. The van der Waals surface area contributed by atoms with E-state index in [9.17, 15) is 4.79 Å². The number of tetrazole rings is 1. The Balaban J connectivity index is 1.50. The Labute approximate surface area is 186 Å². The highest BCUT2D eigenvalue weighted by Gasteiger charge is 2.11. The topological polar surface area (TPSA) is 149 Å². The molecule has 0 saturated carbocycles. The molecule has 162 valence electrons. The minimum absolute atomic E-state index is 0.0514. The van der Waals surface area contributed by atoms with E-state index in [4.69, 9.17) is 10.5 Å². The molecule has 12 heteroatoms. The number of anilines is 1. The number of para-hydroxylation sites is 3. The first-order chi connectivity index (χ1) is 15.6. The fourth-order valence-electron chi connectivity index (χ4n) is 2.79. The lowest BCUT2D eigenvalue weighted by molar-refractivity contribution is 0.417. The molecule has 2 aromatic carbocycles. The number of nitrogens with zero attached hydrogens (tertiary/aromatic N) is 6. The number of methoxy groups -OCH3 is 1. The van der Waals surface area contributed by atoms with Gasteiger partial charge in [-0.1, -0.05) is 42.1 Å². The maximum atomic E-state index is 12.1. The standard InChI is InChI=1S/C20H19N9O2S/c1-31-16-10-6-5-9-15(16)23-18(21)25-19-22-13(11-17(30)24-19)12-32-20-26-27-28-29(20)14-7-3-2-4-8-14/h2-11H,12H2,1H3,(H4,21,22,23,24,25,30). The fraction of sp³-hybridized carbons (Fsp3) is 0.100. The molecule has 0 unspecified atom stereocenters. The van der Waals surface area contributed by atoms with Gasteiger partial charge in [0, 0.05) is 11.8 Å². The smallest absolute Gasteiger partial charge is 0.252 e. The van der Waals surface area contributed by atoms with E-state index in [0.717, 1.165) is 5.69 Å². The number of rotatable bonds is 7. The lowest BCUT2D eigenvalue weighted by Gasteiger charge is -2.10. The van der Waals surface area contributed by atoms with Crippen LogP contribution in [-0.2, 0) is 5.75 Å². The highest BCUT2D eigenvalue weighted by molar-refractivity contribution is 7.98. The molecular formula is C20H19N9O2S. The first-order valence-electron chi connectivity index (χ1n) is 9.43. The Morgan fingerprint density at radius 2 is 2.00 bits per heavy atom. The quantitative estimate of drug-likeness (QED) is 0.219. The van der Waals surface area contributed by atoms with Crippen LogP contribution in [-0.4, -0.2) is 43.2 Å². The monoisotopic (exact) mass is 449 g/mol. The number of nitrogens with two attached hydrogens (primary N) is 1. The Morgan fingerprint density at radius 1 is 1.22 bits per heavy atom. The van der Waals surface area contributed by atoms with Gasteiger partial charge < -0.3 is 15.8 Å². The second-order valence-corrected chi connectivity index (χ2v) is 7.32. The van der Waals surface area contributed by atoms with Crippen LogP contribution in [0.1, 0.15) is 5.69 Å². The number of aromatic nitrogens is 6. The summed E-state index contributed by atoms with van der Waals surface area (Å²) >= 11 is 1.35. The highest BCUT2D eigenvalue weighted by Crippen LogP contribution is 2.23. The van der Waals surface area contributed by atoms with E-state index in [1.165, 1.54) is 17.8 Å². The molecule has 0 bridgehead atoms. The van der Waals surface area contributed by atoms with Crippen LogP contribution in [0, 0.1) is 0 Å². The number of aliphatic imine (C=N–C) groups is 1. The summed E-state index contributed by atoms with van der Waals surface area (Å²) in [6.45, 7) is 0.